The Morgan fingerprint density at radius 3 is 1.75 bits per heavy atom. The maximum absolute atomic E-state index is 11.7. The average Bonchev–Trinajstić information content (AvgIpc) is 2.69. The van der Waals surface area contributed by atoms with Crippen molar-refractivity contribution in [2.24, 2.45) is 0 Å². The van der Waals surface area contributed by atoms with Crippen LogP contribution in [0.5, 0.6) is 0 Å². The van der Waals surface area contributed by atoms with Crippen LogP contribution in [-0.4, -0.2) is 25.0 Å². The number of ether oxygens (including phenoxy) is 1. The molecule has 0 radical (unpaired) electrons. The average molecular weight is 388 g/mol. The van der Waals surface area contributed by atoms with Gasteiger partial charge in [-0.15, -0.1) is 0 Å². The number of unbranched alkanes of at least 4 members (excludes halogenated alkanes) is 1. The Labute approximate surface area is 171 Å². The molecule has 156 valence electrons. The molecule has 0 heterocycles. The summed E-state index contributed by atoms with van der Waals surface area (Å²) in [5, 5.41) is 2.61. The summed E-state index contributed by atoms with van der Waals surface area (Å²) in [5.41, 5.74) is 0. The SMILES string of the molecule is CC/C=C\C/C=C\C/C=C\CC/C=C\C/C=C\CCC(=O)N[C@@H](C)C(=O)OC. The van der Waals surface area contributed by atoms with Gasteiger partial charge in [0.05, 0.1) is 7.11 Å². The second kappa shape index (κ2) is 19.4. The third-order valence-corrected chi connectivity index (χ3v) is 3.86. The third kappa shape index (κ3) is 17.1. The normalized spacial score (nSPS) is 13.4. The number of rotatable bonds is 15. The number of carbonyl (C=O) groups excluding carboxylic acids is 2. The van der Waals surface area contributed by atoms with Crippen molar-refractivity contribution in [2.75, 3.05) is 7.11 Å². The summed E-state index contributed by atoms with van der Waals surface area (Å²) in [6, 6.07) is -0.600. The van der Waals surface area contributed by atoms with E-state index in [4.69, 9.17) is 0 Å². The lowest BCUT2D eigenvalue weighted by Crippen LogP contribution is -2.38. The summed E-state index contributed by atoms with van der Waals surface area (Å²) >= 11 is 0. The number of nitrogens with one attached hydrogen (secondary N) is 1. The van der Waals surface area contributed by atoms with Crippen molar-refractivity contribution in [1.82, 2.24) is 5.32 Å². The molecule has 4 heteroatoms. The topological polar surface area (TPSA) is 55.4 Å². The third-order valence-electron chi connectivity index (χ3n) is 3.86. The molecule has 0 rings (SSSR count). The van der Waals surface area contributed by atoms with Gasteiger partial charge in [-0.3, -0.25) is 4.79 Å². The molecule has 0 bridgehead atoms. The summed E-state index contributed by atoms with van der Waals surface area (Å²) in [6.07, 6.45) is 28.7. The molecule has 28 heavy (non-hydrogen) atoms. The Hall–Kier alpha value is -2.36. The number of esters is 1. The maximum atomic E-state index is 11.7. The minimum atomic E-state index is -0.600. The zero-order valence-corrected chi connectivity index (χ0v) is 17.7. The lowest BCUT2D eigenvalue weighted by Gasteiger charge is -2.10. The number of methoxy groups -OCH3 is 1. The monoisotopic (exact) mass is 387 g/mol. The maximum Gasteiger partial charge on any atom is 0.328 e. The van der Waals surface area contributed by atoms with Crippen LogP contribution in [0, 0.1) is 0 Å². The van der Waals surface area contributed by atoms with Gasteiger partial charge in [-0.25, -0.2) is 4.79 Å². The highest BCUT2D eigenvalue weighted by Crippen LogP contribution is 1.99. The molecule has 0 saturated heterocycles. The molecule has 0 unspecified atom stereocenters. The first-order chi connectivity index (χ1) is 13.6. The predicted octanol–water partition coefficient (Wildman–Crippen LogP) is 5.59. The fourth-order valence-electron chi connectivity index (χ4n) is 2.29. The van der Waals surface area contributed by atoms with Crippen LogP contribution in [0.25, 0.3) is 0 Å². The van der Waals surface area contributed by atoms with Crippen LogP contribution in [0.2, 0.25) is 0 Å². The number of allylic oxidation sites excluding steroid dienone is 10. The summed E-state index contributed by atoms with van der Waals surface area (Å²) in [6.45, 7) is 3.76. The lowest BCUT2D eigenvalue weighted by molar-refractivity contribution is -0.144. The van der Waals surface area contributed by atoms with E-state index in [1.807, 2.05) is 6.08 Å². The van der Waals surface area contributed by atoms with E-state index in [0.717, 1.165) is 38.5 Å². The molecule has 1 amide bonds. The van der Waals surface area contributed by atoms with Gasteiger partial charge in [-0.05, 0) is 51.9 Å². The van der Waals surface area contributed by atoms with Crippen molar-refractivity contribution < 1.29 is 14.3 Å². The summed E-state index contributed by atoms with van der Waals surface area (Å²) in [5.74, 6) is -0.572. The highest BCUT2D eigenvalue weighted by Gasteiger charge is 2.14. The first-order valence-electron chi connectivity index (χ1n) is 10.2. The lowest BCUT2D eigenvalue weighted by atomic mass is 10.2. The molecule has 0 saturated carbocycles. The van der Waals surface area contributed by atoms with E-state index >= 15 is 0 Å². The van der Waals surface area contributed by atoms with Gasteiger partial charge in [-0.1, -0.05) is 67.7 Å². The molecular weight excluding hydrogens is 350 g/mol. The molecular formula is C24H37NO3. The zero-order valence-electron chi connectivity index (χ0n) is 17.7. The number of hydrogen-bond donors (Lipinski definition) is 1. The Bertz CT molecular complexity index is 556. The van der Waals surface area contributed by atoms with Gasteiger partial charge >= 0.3 is 5.97 Å². The fourth-order valence-corrected chi connectivity index (χ4v) is 2.29. The molecule has 1 atom stereocenters. The smallest absolute Gasteiger partial charge is 0.328 e. The minimum Gasteiger partial charge on any atom is -0.467 e. The van der Waals surface area contributed by atoms with Crippen LogP contribution >= 0.6 is 0 Å². The highest BCUT2D eigenvalue weighted by atomic mass is 16.5. The zero-order chi connectivity index (χ0) is 20.9. The minimum absolute atomic E-state index is 0.142. The number of hydrogen-bond acceptors (Lipinski definition) is 3. The van der Waals surface area contributed by atoms with E-state index in [2.05, 4.69) is 71.7 Å². The van der Waals surface area contributed by atoms with Gasteiger partial charge in [0.25, 0.3) is 0 Å². The standard InChI is InChI=1S/C24H37NO3/c1-4-5-6-7-8-9-10-11-12-13-14-15-16-17-18-19-20-21-23(26)25-22(2)24(27)28-3/h5-6,8-9,11-12,15-16,18-19,22H,4,7,10,13-14,17,20-21H2,1-3H3,(H,25,26)/b6-5-,9-8-,12-11-,16-15-,19-18-/t22-/m0/s1. The van der Waals surface area contributed by atoms with Crippen LogP contribution < -0.4 is 5.32 Å². The van der Waals surface area contributed by atoms with E-state index in [-0.39, 0.29) is 5.91 Å². The predicted molar refractivity (Wildman–Crippen MR) is 118 cm³/mol. The molecule has 0 spiro atoms. The van der Waals surface area contributed by atoms with Crippen LogP contribution in [0.15, 0.2) is 60.8 Å². The van der Waals surface area contributed by atoms with Crippen LogP contribution in [0.3, 0.4) is 0 Å². The van der Waals surface area contributed by atoms with Gasteiger partial charge in [0.2, 0.25) is 5.91 Å². The largest absolute Gasteiger partial charge is 0.467 e. The van der Waals surface area contributed by atoms with Gasteiger partial charge in [0.1, 0.15) is 6.04 Å². The highest BCUT2D eigenvalue weighted by molar-refractivity contribution is 5.84. The first-order valence-corrected chi connectivity index (χ1v) is 10.2. The van der Waals surface area contributed by atoms with E-state index in [1.54, 1.807) is 6.92 Å². The molecule has 4 nitrogen and oxygen atoms in total. The van der Waals surface area contributed by atoms with Crippen LogP contribution in [0.1, 0.15) is 65.2 Å². The Morgan fingerprint density at radius 1 is 0.786 bits per heavy atom. The molecule has 0 aromatic rings. The van der Waals surface area contributed by atoms with E-state index < -0.39 is 12.0 Å². The van der Waals surface area contributed by atoms with Crippen molar-refractivity contribution >= 4 is 11.9 Å². The number of amides is 1. The summed E-state index contributed by atoms with van der Waals surface area (Å²) in [4.78, 5) is 22.9. The summed E-state index contributed by atoms with van der Waals surface area (Å²) in [7, 11) is 1.31. The number of carbonyl (C=O) groups is 2. The molecule has 0 aliphatic rings. The van der Waals surface area contributed by atoms with Crippen molar-refractivity contribution in [1.29, 1.82) is 0 Å². The van der Waals surface area contributed by atoms with E-state index in [0.29, 0.717) is 12.8 Å². The van der Waals surface area contributed by atoms with Gasteiger partial charge < -0.3 is 10.1 Å². The fraction of sp³-hybridized carbons (Fsp3) is 0.500. The van der Waals surface area contributed by atoms with Crippen molar-refractivity contribution in [3.63, 3.8) is 0 Å². The van der Waals surface area contributed by atoms with Gasteiger partial charge in [-0.2, -0.15) is 0 Å². The second-order valence-electron chi connectivity index (χ2n) is 6.40. The Balaban J connectivity index is 3.63. The van der Waals surface area contributed by atoms with Gasteiger partial charge in [0.15, 0.2) is 0 Å². The van der Waals surface area contributed by atoms with Crippen molar-refractivity contribution in [2.45, 2.75) is 71.3 Å². The van der Waals surface area contributed by atoms with Crippen molar-refractivity contribution in [3.8, 4) is 0 Å². The van der Waals surface area contributed by atoms with Crippen LogP contribution in [-0.2, 0) is 14.3 Å². The Kier molecular flexibility index (Phi) is 17.8. The van der Waals surface area contributed by atoms with E-state index in [1.165, 1.54) is 7.11 Å². The van der Waals surface area contributed by atoms with Gasteiger partial charge in [0, 0.05) is 6.42 Å². The Morgan fingerprint density at radius 2 is 1.25 bits per heavy atom. The van der Waals surface area contributed by atoms with E-state index in [9.17, 15) is 9.59 Å². The molecule has 0 aromatic heterocycles. The summed E-state index contributed by atoms with van der Waals surface area (Å²) < 4.78 is 4.57. The molecule has 0 aliphatic carbocycles. The second-order valence-corrected chi connectivity index (χ2v) is 6.40. The molecule has 1 N–H and O–H groups in total. The molecule has 0 fully saturated rings. The molecule has 0 aliphatic heterocycles. The van der Waals surface area contributed by atoms with Crippen molar-refractivity contribution in [3.05, 3.63) is 60.8 Å². The quantitative estimate of drug-likeness (QED) is 0.226. The van der Waals surface area contributed by atoms with Crippen LogP contribution in [0.4, 0.5) is 0 Å². The molecule has 0 aromatic carbocycles. The first kappa shape index (κ1) is 25.6.